The molecule has 1 heterocycles. The average molecular weight is 210 g/mol. The van der Waals surface area contributed by atoms with Crippen LogP contribution in [-0.4, -0.2) is 23.2 Å². The van der Waals surface area contributed by atoms with Crippen molar-refractivity contribution in [3.8, 4) is 0 Å². The quantitative estimate of drug-likeness (QED) is 0.825. The van der Waals surface area contributed by atoms with Crippen molar-refractivity contribution in [1.29, 1.82) is 0 Å². The van der Waals surface area contributed by atoms with E-state index >= 15 is 0 Å². The van der Waals surface area contributed by atoms with Gasteiger partial charge in [0.15, 0.2) is 0 Å². The minimum Gasteiger partial charge on any atom is -0.345 e. The molecule has 15 heavy (non-hydrogen) atoms. The maximum atomic E-state index is 11.2. The Morgan fingerprint density at radius 2 is 2.13 bits per heavy atom. The molecule has 0 aromatic carbocycles. The number of ketones is 1. The van der Waals surface area contributed by atoms with Gasteiger partial charge in [-0.1, -0.05) is 13.8 Å². The molecular weight excluding hydrogens is 192 g/mol. The highest BCUT2D eigenvalue weighted by molar-refractivity contribution is 5.96. The molecule has 1 aromatic rings. The van der Waals surface area contributed by atoms with Crippen LogP contribution in [0.4, 0.5) is 0 Å². The lowest BCUT2D eigenvalue weighted by molar-refractivity contribution is -0.116. The molecule has 0 atom stereocenters. The molecule has 4 nitrogen and oxygen atoms in total. The molecule has 1 aromatic heterocycles. The van der Waals surface area contributed by atoms with E-state index in [1.54, 1.807) is 18.3 Å². The summed E-state index contributed by atoms with van der Waals surface area (Å²) in [4.78, 5) is 25.6. The highest BCUT2D eigenvalue weighted by atomic mass is 16.2. The summed E-state index contributed by atoms with van der Waals surface area (Å²) in [5, 5.41) is 2.47. The summed E-state index contributed by atoms with van der Waals surface area (Å²) >= 11 is 0. The Hall–Kier alpha value is -1.71. The van der Waals surface area contributed by atoms with Crippen LogP contribution in [0.3, 0.4) is 0 Å². The van der Waals surface area contributed by atoms with Crippen molar-refractivity contribution in [3.63, 3.8) is 0 Å². The number of nitrogens with zero attached hydrogens (tertiary/aromatic N) is 1. The smallest absolute Gasteiger partial charge is 0.253 e. The normalized spacial score (nSPS) is 8.47. The van der Waals surface area contributed by atoms with Crippen LogP contribution < -0.4 is 5.32 Å². The number of Topliss-reactive ketones (excluding diaryl/α,β-unsaturated/α-hetero) is 1. The number of hydrogen-bond donors (Lipinski definition) is 1. The number of aromatic nitrogens is 1. The first-order valence-corrected chi connectivity index (χ1v) is 4.88. The van der Waals surface area contributed by atoms with Crippen LogP contribution in [0.5, 0.6) is 0 Å². The Balaban J connectivity index is 0. The van der Waals surface area contributed by atoms with Crippen molar-refractivity contribution in [2.75, 3.05) is 6.54 Å². The number of pyridine rings is 1. The van der Waals surface area contributed by atoms with Crippen LogP contribution in [-0.2, 0) is 4.79 Å². The topological polar surface area (TPSA) is 59.1 Å². The maximum Gasteiger partial charge on any atom is 0.253 e. The molecule has 0 bridgehead atoms. The first kappa shape index (κ1) is 13.3. The number of hydrogen-bond acceptors (Lipinski definition) is 3. The third kappa shape index (κ3) is 5.57. The van der Waals surface area contributed by atoms with Gasteiger partial charge in [-0.05, 0) is 19.1 Å². The number of rotatable bonds is 3. The van der Waals surface area contributed by atoms with Crippen molar-refractivity contribution >= 4 is 11.7 Å². The molecule has 1 N–H and O–H groups in total. The van der Waals surface area contributed by atoms with Gasteiger partial charge in [0.1, 0.15) is 5.78 Å². The molecule has 0 unspecified atom stereocenters. The van der Waals surface area contributed by atoms with Gasteiger partial charge >= 0.3 is 0 Å². The van der Waals surface area contributed by atoms with Crippen LogP contribution in [0.1, 0.15) is 32.6 Å². The van der Waals surface area contributed by atoms with E-state index in [4.69, 9.17) is 0 Å². The second-order valence-electron chi connectivity index (χ2n) is 2.63. The summed E-state index contributed by atoms with van der Waals surface area (Å²) in [6, 6.07) is 3.31. The van der Waals surface area contributed by atoms with Crippen LogP contribution in [0.25, 0.3) is 0 Å². The molecule has 1 amide bonds. The molecule has 0 saturated heterocycles. The number of nitrogens with one attached hydrogen (secondary N) is 1. The van der Waals surface area contributed by atoms with Gasteiger partial charge in [-0.3, -0.25) is 14.6 Å². The third-order valence-corrected chi connectivity index (χ3v) is 1.42. The van der Waals surface area contributed by atoms with E-state index < -0.39 is 0 Å². The molecule has 4 heteroatoms. The molecule has 0 aliphatic heterocycles. The van der Waals surface area contributed by atoms with Gasteiger partial charge in [-0.15, -0.1) is 0 Å². The number of carbonyl (C=O) groups is 2. The summed E-state index contributed by atoms with van der Waals surface area (Å²) in [5.41, 5.74) is 0.462. The average Bonchev–Trinajstić information content (AvgIpc) is 2.30. The first-order valence-electron chi connectivity index (χ1n) is 4.88. The van der Waals surface area contributed by atoms with Gasteiger partial charge in [0.2, 0.25) is 0 Å². The van der Waals surface area contributed by atoms with Crippen LogP contribution in [0.2, 0.25) is 0 Å². The Kier molecular flexibility index (Phi) is 6.80. The Morgan fingerprint density at radius 1 is 1.47 bits per heavy atom. The molecular formula is C11H18N2O2. The number of carbonyl (C=O) groups excluding carboxylic acids is 2. The molecule has 0 saturated carbocycles. The zero-order chi connectivity index (χ0) is 11.7. The molecule has 0 fully saturated rings. The summed E-state index contributed by atoms with van der Waals surface area (Å²) in [7, 11) is 0. The van der Waals surface area contributed by atoms with E-state index in [0.717, 1.165) is 0 Å². The van der Waals surface area contributed by atoms with Crippen molar-refractivity contribution in [1.82, 2.24) is 10.3 Å². The Morgan fingerprint density at radius 3 is 2.60 bits per heavy atom. The summed E-state index contributed by atoms with van der Waals surface area (Å²) in [6.07, 6.45) is 3.04. The SMILES string of the molecule is CC.CC(=O)CNC(=O)c1cccnc1.[HH]. The fourth-order valence-corrected chi connectivity index (χ4v) is 0.804. The highest BCUT2D eigenvalue weighted by Gasteiger charge is 2.04. The predicted octanol–water partition coefficient (Wildman–Crippen LogP) is 1.67. The van der Waals surface area contributed by atoms with Gasteiger partial charge in [-0.25, -0.2) is 0 Å². The monoisotopic (exact) mass is 210 g/mol. The van der Waals surface area contributed by atoms with Gasteiger partial charge in [0.05, 0.1) is 12.1 Å². The lowest BCUT2D eigenvalue weighted by Crippen LogP contribution is -2.28. The summed E-state index contributed by atoms with van der Waals surface area (Å²) in [5.74, 6) is -0.347. The van der Waals surface area contributed by atoms with E-state index in [9.17, 15) is 9.59 Å². The molecule has 0 aliphatic carbocycles. The molecule has 0 aliphatic rings. The van der Waals surface area contributed by atoms with Crippen LogP contribution >= 0.6 is 0 Å². The van der Waals surface area contributed by atoms with Crippen molar-refractivity contribution < 1.29 is 11.0 Å². The van der Waals surface area contributed by atoms with Crippen LogP contribution in [0.15, 0.2) is 24.5 Å². The molecule has 0 spiro atoms. The van der Waals surface area contributed by atoms with E-state index in [2.05, 4.69) is 10.3 Å². The Labute approximate surface area is 91.2 Å². The van der Waals surface area contributed by atoms with Gasteiger partial charge in [0, 0.05) is 13.8 Å². The molecule has 1 rings (SSSR count). The lowest BCUT2D eigenvalue weighted by atomic mass is 10.2. The maximum absolute atomic E-state index is 11.2. The fraction of sp³-hybridized carbons (Fsp3) is 0.364. The minimum atomic E-state index is -0.275. The largest absolute Gasteiger partial charge is 0.345 e. The van der Waals surface area contributed by atoms with Crippen molar-refractivity contribution in [2.45, 2.75) is 20.8 Å². The standard InChI is InChI=1S/C9H10N2O2.C2H6.H2/c1-7(12)5-11-9(13)8-3-2-4-10-6-8;1-2;/h2-4,6H,5H2,1H3,(H,11,13);1-2H3;1H. The van der Waals surface area contributed by atoms with Crippen LogP contribution in [0, 0.1) is 0 Å². The lowest BCUT2D eigenvalue weighted by Gasteiger charge is -2.00. The molecule has 0 radical (unpaired) electrons. The van der Waals surface area contributed by atoms with Gasteiger partial charge in [-0.2, -0.15) is 0 Å². The summed E-state index contributed by atoms with van der Waals surface area (Å²) in [6.45, 7) is 5.48. The Bertz CT molecular complexity index is 315. The summed E-state index contributed by atoms with van der Waals surface area (Å²) < 4.78 is 0. The number of amides is 1. The first-order chi connectivity index (χ1) is 7.20. The fourth-order valence-electron chi connectivity index (χ4n) is 0.804. The van der Waals surface area contributed by atoms with E-state index in [1.807, 2.05) is 13.8 Å². The zero-order valence-electron chi connectivity index (χ0n) is 9.28. The van der Waals surface area contributed by atoms with E-state index in [0.29, 0.717) is 5.56 Å². The third-order valence-electron chi connectivity index (χ3n) is 1.42. The van der Waals surface area contributed by atoms with E-state index in [1.165, 1.54) is 13.1 Å². The van der Waals surface area contributed by atoms with Crippen molar-refractivity contribution in [2.24, 2.45) is 0 Å². The van der Waals surface area contributed by atoms with E-state index in [-0.39, 0.29) is 19.7 Å². The van der Waals surface area contributed by atoms with Gasteiger partial charge < -0.3 is 5.32 Å². The second-order valence-corrected chi connectivity index (χ2v) is 2.63. The predicted molar refractivity (Wildman–Crippen MR) is 60.7 cm³/mol. The van der Waals surface area contributed by atoms with Gasteiger partial charge in [0.25, 0.3) is 5.91 Å². The second kappa shape index (κ2) is 7.67. The minimum absolute atomic E-state index is 0. The zero-order valence-corrected chi connectivity index (χ0v) is 9.28. The van der Waals surface area contributed by atoms with Crippen molar-refractivity contribution in [3.05, 3.63) is 30.1 Å². The highest BCUT2D eigenvalue weighted by Crippen LogP contribution is 1.94. The molecule has 84 valence electrons.